The molecule has 1 N–H and O–H groups in total. The van der Waals surface area contributed by atoms with E-state index in [2.05, 4.69) is 10.3 Å². The molecule has 0 saturated heterocycles. The average Bonchev–Trinajstić information content (AvgIpc) is 2.37. The molecule has 1 heterocycles. The number of rotatable bonds is 4. The molecule has 1 aromatic carbocycles. The van der Waals surface area contributed by atoms with Gasteiger partial charge in [0, 0.05) is 18.9 Å². The van der Waals surface area contributed by atoms with E-state index < -0.39 is 0 Å². The van der Waals surface area contributed by atoms with Crippen LogP contribution >= 0.6 is 11.6 Å². The highest BCUT2D eigenvalue weighted by molar-refractivity contribution is 6.29. The fourth-order valence-electron chi connectivity index (χ4n) is 1.42. The Kier molecular flexibility index (Phi) is 3.83. The van der Waals surface area contributed by atoms with Gasteiger partial charge in [-0.3, -0.25) is 0 Å². The minimum Gasteiger partial charge on any atom is -0.489 e. The van der Waals surface area contributed by atoms with Gasteiger partial charge in [0.25, 0.3) is 0 Å². The maximum atomic E-state index is 5.79. The number of anilines is 1. The van der Waals surface area contributed by atoms with Crippen LogP contribution in [0.2, 0.25) is 5.15 Å². The molecular weight excluding hydrogens is 236 g/mol. The molecule has 4 heteroatoms. The molecule has 17 heavy (non-hydrogen) atoms. The Bertz CT molecular complexity index is 485. The molecule has 2 aromatic rings. The monoisotopic (exact) mass is 248 g/mol. The standard InChI is InChI=1S/C13H13ClN2O/c1-15-11-2-4-12(5-3-11)17-9-10-6-7-16-13(14)8-10/h2-8,15H,9H2,1H3. The van der Waals surface area contributed by atoms with E-state index in [0.29, 0.717) is 11.8 Å². The average molecular weight is 249 g/mol. The summed E-state index contributed by atoms with van der Waals surface area (Å²) in [7, 11) is 1.88. The molecule has 0 bridgehead atoms. The van der Waals surface area contributed by atoms with Crippen LogP contribution in [0, 0.1) is 0 Å². The van der Waals surface area contributed by atoms with Crippen LogP contribution < -0.4 is 10.1 Å². The molecule has 0 aliphatic rings. The van der Waals surface area contributed by atoms with Crippen LogP contribution in [-0.2, 0) is 6.61 Å². The summed E-state index contributed by atoms with van der Waals surface area (Å²) in [6.45, 7) is 0.487. The van der Waals surface area contributed by atoms with Gasteiger partial charge in [-0.15, -0.1) is 0 Å². The predicted molar refractivity (Wildman–Crippen MR) is 69.6 cm³/mol. The zero-order valence-electron chi connectivity index (χ0n) is 9.48. The second kappa shape index (κ2) is 5.55. The minimum absolute atomic E-state index is 0.483. The molecule has 0 saturated carbocycles. The quantitative estimate of drug-likeness (QED) is 0.843. The van der Waals surface area contributed by atoms with Gasteiger partial charge < -0.3 is 10.1 Å². The van der Waals surface area contributed by atoms with Crippen LogP contribution in [0.1, 0.15) is 5.56 Å². The number of benzene rings is 1. The lowest BCUT2D eigenvalue weighted by atomic mass is 10.3. The topological polar surface area (TPSA) is 34.1 Å². The van der Waals surface area contributed by atoms with Crippen LogP contribution in [0.4, 0.5) is 5.69 Å². The summed E-state index contributed by atoms with van der Waals surface area (Å²) in [5.41, 5.74) is 2.06. The Morgan fingerprint density at radius 2 is 2.00 bits per heavy atom. The van der Waals surface area contributed by atoms with E-state index >= 15 is 0 Å². The van der Waals surface area contributed by atoms with Gasteiger partial charge in [-0.05, 0) is 42.0 Å². The summed E-state index contributed by atoms with van der Waals surface area (Å²) in [5, 5.41) is 3.54. The van der Waals surface area contributed by atoms with Gasteiger partial charge >= 0.3 is 0 Å². The molecule has 1 aromatic heterocycles. The molecular formula is C13H13ClN2O. The number of hydrogen-bond acceptors (Lipinski definition) is 3. The van der Waals surface area contributed by atoms with E-state index in [1.165, 1.54) is 0 Å². The van der Waals surface area contributed by atoms with E-state index in [4.69, 9.17) is 16.3 Å². The van der Waals surface area contributed by atoms with Crippen LogP contribution in [0.3, 0.4) is 0 Å². The maximum absolute atomic E-state index is 5.79. The number of aromatic nitrogens is 1. The summed E-state index contributed by atoms with van der Waals surface area (Å²) in [6, 6.07) is 11.5. The molecule has 0 fully saturated rings. The third-order valence-electron chi connectivity index (χ3n) is 2.34. The Labute approximate surface area is 105 Å². The van der Waals surface area contributed by atoms with Gasteiger partial charge in [-0.25, -0.2) is 4.98 Å². The first-order chi connectivity index (χ1) is 8.28. The third-order valence-corrected chi connectivity index (χ3v) is 2.55. The van der Waals surface area contributed by atoms with Crippen molar-refractivity contribution in [2.45, 2.75) is 6.61 Å². The second-order valence-corrected chi connectivity index (χ2v) is 3.94. The summed E-state index contributed by atoms with van der Waals surface area (Å²) >= 11 is 5.79. The van der Waals surface area contributed by atoms with Gasteiger partial charge in [-0.2, -0.15) is 0 Å². The number of hydrogen-bond donors (Lipinski definition) is 1. The first kappa shape index (κ1) is 11.7. The van der Waals surface area contributed by atoms with Crippen molar-refractivity contribution in [3.8, 4) is 5.75 Å². The van der Waals surface area contributed by atoms with Crippen LogP contribution in [0.5, 0.6) is 5.75 Å². The molecule has 0 amide bonds. The Morgan fingerprint density at radius 1 is 1.24 bits per heavy atom. The van der Waals surface area contributed by atoms with Crippen molar-refractivity contribution in [3.63, 3.8) is 0 Å². The number of pyridine rings is 1. The van der Waals surface area contributed by atoms with E-state index in [9.17, 15) is 0 Å². The van der Waals surface area contributed by atoms with Gasteiger partial charge in [-0.1, -0.05) is 11.6 Å². The van der Waals surface area contributed by atoms with Crippen LogP contribution in [-0.4, -0.2) is 12.0 Å². The second-order valence-electron chi connectivity index (χ2n) is 3.55. The minimum atomic E-state index is 0.483. The highest BCUT2D eigenvalue weighted by Crippen LogP contribution is 2.17. The molecule has 0 radical (unpaired) electrons. The van der Waals surface area contributed by atoms with Crippen molar-refractivity contribution in [1.82, 2.24) is 4.98 Å². The van der Waals surface area contributed by atoms with Gasteiger partial charge in [0.2, 0.25) is 0 Å². The van der Waals surface area contributed by atoms with E-state index in [0.717, 1.165) is 17.0 Å². The van der Waals surface area contributed by atoms with Crippen LogP contribution in [0.15, 0.2) is 42.6 Å². The van der Waals surface area contributed by atoms with E-state index in [1.807, 2.05) is 37.4 Å². The predicted octanol–water partition coefficient (Wildman–Crippen LogP) is 3.36. The molecule has 0 spiro atoms. The highest BCUT2D eigenvalue weighted by atomic mass is 35.5. The number of nitrogens with zero attached hydrogens (tertiary/aromatic N) is 1. The lowest BCUT2D eigenvalue weighted by molar-refractivity contribution is 0.306. The normalized spacial score (nSPS) is 10.0. The molecule has 0 unspecified atom stereocenters. The van der Waals surface area contributed by atoms with Crippen LogP contribution in [0.25, 0.3) is 0 Å². The zero-order valence-corrected chi connectivity index (χ0v) is 10.2. The fourth-order valence-corrected chi connectivity index (χ4v) is 1.61. The van der Waals surface area contributed by atoms with E-state index in [-0.39, 0.29) is 0 Å². The maximum Gasteiger partial charge on any atom is 0.129 e. The van der Waals surface area contributed by atoms with Gasteiger partial charge in [0.15, 0.2) is 0 Å². The Balaban J connectivity index is 1.97. The van der Waals surface area contributed by atoms with Crippen molar-refractivity contribution in [2.75, 3.05) is 12.4 Å². The third kappa shape index (κ3) is 3.36. The highest BCUT2D eigenvalue weighted by Gasteiger charge is 1.97. The van der Waals surface area contributed by atoms with Crippen molar-refractivity contribution in [3.05, 3.63) is 53.3 Å². The number of ether oxygens (including phenoxy) is 1. The zero-order chi connectivity index (χ0) is 12.1. The van der Waals surface area contributed by atoms with Gasteiger partial charge in [0.1, 0.15) is 17.5 Å². The van der Waals surface area contributed by atoms with Crippen molar-refractivity contribution in [1.29, 1.82) is 0 Å². The lowest BCUT2D eigenvalue weighted by Gasteiger charge is -2.07. The summed E-state index contributed by atoms with van der Waals surface area (Å²) in [4.78, 5) is 3.92. The largest absolute Gasteiger partial charge is 0.489 e. The molecule has 2 rings (SSSR count). The smallest absolute Gasteiger partial charge is 0.129 e. The Morgan fingerprint density at radius 3 is 2.65 bits per heavy atom. The lowest BCUT2D eigenvalue weighted by Crippen LogP contribution is -1.96. The first-order valence-corrected chi connectivity index (χ1v) is 5.67. The molecule has 0 aliphatic heterocycles. The molecule has 88 valence electrons. The Hall–Kier alpha value is -1.74. The number of nitrogens with one attached hydrogen (secondary N) is 1. The summed E-state index contributed by atoms with van der Waals surface area (Å²) in [5.74, 6) is 0.830. The number of halogens is 1. The van der Waals surface area contributed by atoms with Crippen molar-refractivity contribution < 1.29 is 4.74 Å². The summed E-state index contributed by atoms with van der Waals surface area (Å²) < 4.78 is 5.63. The SMILES string of the molecule is CNc1ccc(OCc2ccnc(Cl)c2)cc1. The molecule has 0 aliphatic carbocycles. The van der Waals surface area contributed by atoms with Crippen molar-refractivity contribution in [2.24, 2.45) is 0 Å². The molecule has 0 atom stereocenters. The molecule has 3 nitrogen and oxygen atoms in total. The fraction of sp³-hybridized carbons (Fsp3) is 0.154. The van der Waals surface area contributed by atoms with E-state index in [1.54, 1.807) is 12.3 Å². The summed E-state index contributed by atoms with van der Waals surface area (Å²) in [6.07, 6.45) is 1.67. The van der Waals surface area contributed by atoms with Gasteiger partial charge in [0.05, 0.1) is 0 Å². The first-order valence-electron chi connectivity index (χ1n) is 5.29. The van der Waals surface area contributed by atoms with Crippen molar-refractivity contribution >= 4 is 17.3 Å².